The fraction of sp³-hybridized carbons (Fsp3) is 0.150. The summed E-state index contributed by atoms with van der Waals surface area (Å²) < 4.78 is 10.6. The van der Waals surface area contributed by atoms with Crippen molar-refractivity contribution in [3.8, 4) is 5.75 Å². The van der Waals surface area contributed by atoms with E-state index in [1.165, 1.54) is 7.11 Å². The van der Waals surface area contributed by atoms with Crippen LogP contribution < -0.4 is 4.74 Å². The average molecular weight is 390 g/mol. The number of furan rings is 1. The maximum Gasteiger partial charge on any atom is 0.254 e. The second kappa shape index (κ2) is 8.30. The number of carbonyl (C=O) groups is 1. The van der Waals surface area contributed by atoms with Crippen LogP contribution in [0.3, 0.4) is 0 Å². The van der Waals surface area contributed by atoms with Gasteiger partial charge in [0, 0.05) is 12.1 Å². The molecule has 3 aromatic rings. The highest BCUT2D eigenvalue weighted by Crippen LogP contribution is 2.34. The SMILES string of the molecule is COc1c(Cl)cc(C(=O)N(Cc2ccccc2)Cc2ccco2)cc1Cl. The zero-order chi connectivity index (χ0) is 18.5. The summed E-state index contributed by atoms with van der Waals surface area (Å²) in [5.41, 5.74) is 1.40. The van der Waals surface area contributed by atoms with Crippen LogP contribution in [0, 0.1) is 0 Å². The van der Waals surface area contributed by atoms with E-state index in [1.54, 1.807) is 29.4 Å². The molecule has 1 amide bonds. The van der Waals surface area contributed by atoms with Crippen LogP contribution in [0.5, 0.6) is 5.75 Å². The molecule has 0 radical (unpaired) electrons. The molecule has 0 unspecified atom stereocenters. The van der Waals surface area contributed by atoms with Crippen molar-refractivity contribution < 1.29 is 13.9 Å². The van der Waals surface area contributed by atoms with Crippen molar-refractivity contribution >= 4 is 29.1 Å². The molecule has 1 aromatic heterocycles. The first-order valence-corrected chi connectivity index (χ1v) is 8.72. The molecular weight excluding hydrogens is 373 g/mol. The number of amides is 1. The van der Waals surface area contributed by atoms with Gasteiger partial charge in [-0.25, -0.2) is 0 Å². The van der Waals surface area contributed by atoms with Crippen molar-refractivity contribution in [2.75, 3.05) is 7.11 Å². The second-order valence-electron chi connectivity index (χ2n) is 5.70. The first kappa shape index (κ1) is 18.4. The molecule has 4 nitrogen and oxygen atoms in total. The minimum atomic E-state index is -0.197. The Morgan fingerprint density at radius 2 is 1.73 bits per heavy atom. The van der Waals surface area contributed by atoms with Crippen LogP contribution >= 0.6 is 23.2 Å². The summed E-state index contributed by atoms with van der Waals surface area (Å²) in [7, 11) is 1.48. The second-order valence-corrected chi connectivity index (χ2v) is 6.51. The van der Waals surface area contributed by atoms with Gasteiger partial charge in [-0.2, -0.15) is 0 Å². The zero-order valence-electron chi connectivity index (χ0n) is 14.1. The molecule has 0 fully saturated rings. The van der Waals surface area contributed by atoms with E-state index in [4.69, 9.17) is 32.4 Å². The van der Waals surface area contributed by atoms with Crippen LogP contribution in [0.1, 0.15) is 21.7 Å². The molecule has 3 rings (SSSR count). The Labute approximate surface area is 161 Å². The number of nitrogens with zero attached hydrogens (tertiary/aromatic N) is 1. The van der Waals surface area contributed by atoms with E-state index in [0.29, 0.717) is 40.2 Å². The lowest BCUT2D eigenvalue weighted by Gasteiger charge is -2.22. The smallest absolute Gasteiger partial charge is 0.254 e. The van der Waals surface area contributed by atoms with Crippen LogP contribution in [0.15, 0.2) is 65.3 Å². The first-order valence-electron chi connectivity index (χ1n) is 7.97. The zero-order valence-corrected chi connectivity index (χ0v) is 15.6. The van der Waals surface area contributed by atoms with Crippen LogP contribution in [-0.4, -0.2) is 17.9 Å². The number of halogens is 2. The van der Waals surface area contributed by atoms with Gasteiger partial charge in [0.15, 0.2) is 5.75 Å². The van der Waals surface area contributed by atoms with E-state index in [2.05, 4.69) is 0 Å². The normalized spacial score (nSPS) is 10.6. The quantitative estimate of drug-likeness (QED) is 0.563. The Kier molecular flexibility index (Phi) is 5.86. The van der Waals surface area contributed by atoms with Crippen LogP contribution in [0.2, 0.25) is 10.0 Å². The summed E-state index contributed by atoms with van der Waals surface area (Å²) in [6.45, 7) is 0.767. The Balaban J connectivity index is 1.91. The van der Waals surface area contributed by atoms with E-state index < -0.39 is 0 Å². The number of carbonyl (C=O) groups excluding carboxylic acids is 1. The fourth-order valence-corrected chi connectivity index (χ4v) is 3.30. The van der Waals surface area contributed by atoms with Gasteiger partial charge < -0.3 is 14.1 Å². The summed E-state index contributed by atoms with van der Waals surface area (Å²) >= 11 is 12.4. The van der Waals surface area contributed by atoms with Crippen molar-refractivity contribution in [3.05, 3.63) is 87.8 Å². The van der Waals surface area contributed by atoms with Gasteiger partial charge in [-0.15, -0.1) is 0 Å². The summed E-state index contributed by atoms with van der Waals surface area (Å²) in [6.07, 6.45) is 1.58. The largest absolute Gasteiger partial charge is 0.494 e. The lowest BCUT2D eigenvalue weighted by Crippen LogP contribution is -2.30. The Hall–Kier alpha value is -2.43. The van der Waals surface area contributed by atoms with E-state index >= 15 is 0 Å². The Morgan fingerprint density at radius 1 is 1.04 bits per heavy atom. The molecule has 0 aliphatic rings. The lowest BCUT2D eigenvalue weighted by molar-refractivity contribution is 0.0717. The number of rotatable bonds is 6. The predicted molar refractivity (Wildman–Crippen MR) is 102 cm³/mol. The van der Waals surface area contributed by atoms with E-state index in [-0.39, 0.29) is 5.91 Å². The van der Waals surface area contributed by atoms with Gasteiger partial charge in [0.2, 0.25) is 0 Å². The van der Waals surface area contributed by atoms with Crippen molar-refractivity contribution in [2.24, 2.45) is 0 Å². The van der Waals surface area contributed by atoms with Crippen LogP contribution in [-0.2, 0) is 13.1 Å². The van der Waals surface area contributed by atoms with Gasteiger partial charge in [-0.05, 0) is 29.8 Å². The molecule has 0 saturated carbocycles. The maximum atomic E-state index is 13.1. The fourth-order valence-electron chi connectivity index (χ4n) is 2.65. The molecule has 6 heteroatoms. The summed E-state index contributed by atoms with van der Waals surface area (Å²) in [5, 5.41) is 0.585. The minimum absolute atomic E-state index is 0.197. The third-order valence-corrected chi connectivity index (χ3v) is 4.44. The van der Waals surface area contributed by atoms with Gasteiger partial charge in [-0.3, -0.25) is 4.79 Å². The Morgan fingerprint density at radius 3 is 2.31 bits per heavy atom. The number of hydrogen-bond acceptors (Lipinski definition) is 3. The van der Waals surface area contributed by atoms with E-state index in [9.17, 15) is 4.79 Å². The molecule has 134 valence electrons. The van der Waals surface area contributed by atoms with Crippen molar-refractivity contribution in [1.29, 1.82) is 0 Å². The predicted octanol–water partition coefficient (Wildman–Crippen LogP) is 5.44. The minimum Gasteiger partial charge on any atom is -0.494 e. The molecule has 0 atom stereocenters. The summed E-state index contributed by atoms with van der Waals surface area (Å²) in [6, 6.07) is 16.5. The number of methoxy groups -OCH3 is 1. The highest BCUT2D eigenvalue weighted by atomic mass is 35.5. The molecule has 2 aromatic carbocycles. The van der Waals surface area contributed by atoms with Crippen LogP contribution in [0.25, 0.3) is 0 Å². The molecule has 0 bridgehead atoms. The highest BCUT2D eigenvalue weighted by molar-refractivity contribution is 6.37. The monoisotopic (exact) mass is 389 g/mol. The highest BCUT2D eigenvalue weighted by Gasteiger charge is 2.20. The molecule has 0 N–H and O–H groups in total. The molecule has 0 saturated heterocycles. The van der Waals surface area contributed by atoms with Gasteiger partial charge in [0.1, 0.15) is 5.76 Å². The third kappa shape index (κ3) is 4.21. The van der Waals surface area contributed by atoms with Crippen molar-refractivity contribution in [3.63, 3.8) is 0 Å². The molecule has 0 aliphatic carbocycles. The van der Waals surface area contributed by atoms with E-state index in [1.807, 2.05) is 36.4 Å². The molecule has 26 heavy (non-hydrogen) atoms. The molecule has 0 spiro atoms. The summed E-state index contributed by atoms with van der Waals surface area (Å²) in [4.78, 5) is 14.8. The topological polar surface area (TPSA) is 42.7 Å². The number of hydrogen-bond donors (Lipinski definition) is 0. The number of ether oxygens (including phenoxy) is 1. The standard InChI is InChI=1S/C20H17Cl2NO3/c1-25-19-17(21)10-15(11-18(19)22)20(24)23(13-16-8-5-9-26-16)12-14-6-3-2-4-7-14/h2-11H,12-13H2,1H3. The average Bonchev–Trinajstić information content (AvgIpc) is 3.14. The van der Waals surface area contributed by atoms with Crippen LogP contribution in [0.4, 0.5) is 0 Å². The molecular formula is C20H17Cl2NO3. The third-order valence-electron chi connectivity index (χ3n) is 3.88. The molecule has 1 heterocycles. The van der Waals surface area contributed by atoms with Gasteiger partial charge in [0.25, 0.3) is 5.91 Å². The maximum absolute atomic E-state index is 13.1. The molecule has 0 aliphatic heterocycles. The van der Waals surface area contributed by atoms with Crippen molar-refractivity contribution in [1.82, 2.24) is 4.90 Å². The summed E-state index contributed by atoms with van der Waals surface area (Å²) in [5.74, 6) is 0.849. The van der Waals surface area contributed by atoms with Gasteiger partial charge >= 0.3 is 0 Å². The van der Waals surface area contributed by atoms with E-state index in [0.717, 1.165) is 5.56 Å². The number of benzene rings is 2. The van der Waals surface area contributed by atoms with Gasteiger partial charge in [-0.1, -0.05) is 53.5 Å². The Bertz CT molecular complexity index is 856. The first-order chi connectivity index (χ1) is 12.6. The van der Waals surface area contributed by atoms with Crippen molar-refractivity contribution in [2.45, 2.75) is 13.1 Å². The van der Waals surface area contributed by atoms with Gasteiger partial charge in [0.05, 0.1) is 30.0 Å². The lowest BCUT2D eigenvalue weighted by atomic mass is 10.1.